The summed E-state index contributed by atoms with van der Waals surface area (Å²) in [6, 6.07) is 9.75. The maximum Gasteiger partial charge on any atom is 0.181 e. The number of aryl methyl sites for hydroxylation is 2. The van der Waals surface area contributed by atoms with Crippen molar-refractivity contribution in [1.82, 2.24) is 0 Å². The summed E-state index contributed by atoms with van der Waals surface area (Å²) in [7, 11) is 0. The van der Waals surface area contributed by atoms with Gasteiger partial charge in [-0.1, -0.05) is 35.2 Å². The van der Waals surface area contributed by atoms with Crippen molar-refractivity contribution >= 4 is 23.5 Å². The molecule has 0 saturated carbocycles. The van der Waals surface area contributed by atoms with Crippen molar-refractivity contribution in [2.45, 2.75) is 20.8 Å². The van der Waals surface area contributed by atoms with Crippen LogP contribution in [0, 0.1) is 26.2 Å². The zero-order valence-corrected chi connectivity index (χ0v) is 14.9. The highest BCUT2D eigenvalue weighted by atomic mass is 35.5. The van der Waals surface area contributed by atoms with Gasteiger partial charge < -0.3 is 9.47 Å². The second kappa shape index (κ2) is 8.42. The Hall–Kier alpha value is -2.44. The van der Waals surface area contributed by atoms with Gasteiger partial charge >= 0.3 is 0 Å². The lowest BCUT2D eigenvalue weighted by Gasteiger charge is -2.13. The third-order valence-electron chi connectivity index (χ3n) is 3.34. The van der Waals surface area contributed by atoms with Crippen molar-refractivity contribution in [3.05, 3.63) is 52.0 Å². The Morgan fingerprint density at radius 3 is 2.67 bits per heavy atom. The Morgan fingerprint density at radius 1 is 1.21 bits per heavy atom. The number of ether oxygens (including phenoxy) is 2. The van der Waals surface area contributed by atoms with Crippen LogP contribution in [0.25, 0.3) is 0 Å². The lowest BCUT2D eigenvalue weighted by Crippen LogP contribution is -2.01. The van der Waals surface area contributed by atoms with E-state index in [1.54, 1.807) is 12.3 Å². The van der Waals surface area contributed by atoms with Crippen LogP contribution in [-0.2, 0) is 0 Å². The molecule has 0 aliphatic rings. The van der Waals surface area contributed by atoms with Gasteiger partial charge in [0.1, 0.15) is 6.61 Å². The van der Waals surface area contributed by atoms with Gasteiger partial charge in [-0.05, 0) is 50.1 Å². The van der Waals surface area contributed by atoms with Crippen LogP contribution in [0.1, 0.15) is 23.6 Å². The van der Waals surface area contributed by atoms with E-state index in [0.717, 1.165) is 16.8 Å². The van der Waals surface area contributed by atoms with Crippen LogP contribution in [0.15, 0.2) is 35.3 Å². The number of rotatable bonds is 6. The predicted octanol–water partition coefficient (Wildman–Crippen LogP) is 5.12. The summed E-state index contributed by atoms with van der Waals surface area (Å²) in [6.07, 6.45) is 7.00. The zero-order valence-electron chi connectivity index (χ0n) is 14.1. The van der Waals surface area contributed by atoms with E-state index < -0.39 is 0 Å². The van der Waals surface area contributed by atoms with E-state index in [2.05, 4.69) is 23.9 Å². The first kappa shape index (κ1) is 17.9. The molecule has 0 atom stereocenters. The van der Waals surface area contributed by atoms with Gasteiger partial charge in [0, 0.05) is 6.21 Å². The van der Waals surface area contributed by atoms with Crippen molar-refractivity contribution < 1.29 is 9.47 Å². The number of terminal acetylenes is 1. The molecule has 0 aromatic heterocycles. The first-order valence-corrected chi connectivity index (χ1v) is 8.07. The highest BCUT2D eigenvalue weighted by Gasteiger charge is 2.11. The molecule has 0 heterocycles. The maximum absolute atomic E-state index is 6.30. The standard InChI is InChI=1S/C20H20ClNO2/c1-5-9-24-20-17(21)11-16(12-19(20)23-6-2)13-22-18-8-7-14(3)10-15(18)4/h1,7-8,10-13H,6,9H2,2-4H3. The van der Waals surface area contributed by atoms with Crippen molar-refractivity contribution in [2.75, 3.05) is 13.2 Å². The number of hydrogen-bond acceptors (Lipinski definition) is 3. The molecule has 0 unspecified atom stereocenters. The second-order valence-corrected chi connectivity index (χ2v) is 5.71. The fourth-order valence-electron chi connectivity index (χ4n) is 2.27. The lowest BCUT2D eigenvalue weighted by atomic mass is 10.1. The molecule has 3 nitrogen and oxygen atoms in total. The highest BCUT2D eigenvalue weighted by Crippen LogP contribution is 2.36. The summed E-state index contributed by atoms with van der Waals surface area (Å²) in [5, 5.41) is 0.443. The van der Waals surface area contributed by atoms with E-state index in [1.807, 2.05) is 32.0 Å². The summed E-state index contributed by atoms with van der Waals surface area (Å²) >= 11 is 6.30. The molecular formula is C20H20ClNO2. The van der Waals surface area contributed by atoms with Crippen molar-refractivity contribution in [3.63, 3.8) is 0 Å². The topological polar surface area (TPSA) is 30.8 Å². The lowest BCUT2D eigenvalue weighted by molar-refractivity contribution is 0.299. The summed E-state index contributed by atoms with van der Waals surface area (Å²) in [4.78, 5) is 4.54. The minimum Gasteiger partial charge on any atom is -0.490 e. The summed E-state index contributed by atoms with van der Waals surface area (Å²) in [5.74, 6) is 3.44. The van der Waals surface area contributed by atoms with E-state index in [-0.39, 0.29) is 6.61 Å². The molecule has 0 aliphatic heterocycles. The SMILES string of the molecule is C#CCOc1c(Cl)cc(C=Nc2ccc(C)cc2C)cc1OCC. The molecule has 0 radical (unpaired) electrons. The summed E-state index contributed by atoms with van der Waals surface area (Å²) < 4.78 is 11.1. The van der Waals surface area contributed by atoms with E-state index in [4.69, 9.17) is 27.5 Å². The van der Waals surface area contributed by atoms with Crippen molar-refractivity contribution in [2.24, 2.45) is 4.99 Å². The minimum atomic E-state index is 0.135. The molecule has 2 aromatic rings. The Bertz CT molecular complexity index is 791. The fraction of sp³-hybridized carbons (Fsp3) is 0.250. The van der Waals surface area contributed by atoms with Crippen LogP contribution in [0.5, 0.6) is 11.5 Å². The molecule has 24 heavy (non-hydrogen) atoms. The number of nitrogens with zero attached hydrogens (tertiary/aromatic N) is 1. The number of benzene rings is 2. The maximum atomic E-state index is 6.30. The average Bonchev–Trinajstić information content (AvgIpc) is 2.53. The number of aliphatic imine (C=N–C) groups is 1. The Kier molecular flexibility index (Phi) is 6.28. The van der Waals surface area contributed by atoms with Crippen LogP contribution >= 0.6 is 11.6 Å². The number of halogens is 1. The van der Waals surface area contributed by atoms with E-state index >= 15 is 0 Å². The van der Waals surface area contributed by atoms with Gasteiger partial charge in [-0.15, -0.1) is 6.42 Å². The molecule has 2 rings (SSSR count). The normalized spacial score (nSPS) is 10.6. The Labute approximate surface area is 148 Å². The smallest absolute Gasteiger partial charge is 0.181 e. The van der Waals surface area contributed by atoms with Crippen molar-refractivity contribution in [1.29, 1.82) is 0 Å². The van der Waals surface area contributed by atoms with Gasteiger partial charge in [0.05, 0.1) is 17.3 Å². The van der Waals surface area contributed by atoms with Gasteiger partial charge in [-0.3, -0.25) is 4.99 Å². The molecule has 0 spiro atoms. The summed E-state index contributed by atoms with van der Waals surface area (Å²) in [6.45, 7) is 6.63. The van der Waals surface area contributed by atoms with Crippen LogP contribution in [0.3, 0.4) is 0 Å². The average molecular weight is 342 g/mol. The monoisotopic (exact) mass is 341 g/mol. The minimum absolute atomic E-state index is 0.135. The van der Waals surface area contributed by atoms with Gasteiger partial charge in [-0.2, -0.15) is 0 Å². The second-order valence-electron chi connectivity index (χ2n) is 5.30. The van der Waals surface area contributed by atoms with Gasteiger partial charge in [0.25, 0.3) is 0 Å². The molecule has 0 fully saturated rings. The van der Waals surface area contributed by atoms with Gasteiger partial charge in [0.2, 0.25) is 0 Å². The third-order valence-corrected chi connectivity index (χ3v) is 3.62. The van der Waals surface area contributed by atoms with E-state index in [1.165, 1.54) is 5.56 Å². The summed E-state index contributed by atoms with van der Waals surface area (Å²) in [5.41, 5.74) is 4.08. The first-order valence-electron chi connectivity index (χ1n) is 7.69. The molecule has 124 valence electrons. The van der Waals surface area contributed by atoms with Crippen LogP contribution in [0.4, 0.5) is 5.69 Å². The largest absolute Gasteiger partial charge is 0.490 e. The van der Waals surface area contributed by atoms with E-state index in [9.17, 15) is 0 Å². The predicted molar refractivity (Wildman–Crippen MR) is 100 cm³/mol. The van der Waals surface area contributed by atoms with Gasteiger partial charge in [0.15, 0.2) is 11.5 Å². The Morgan fingerprint density at radius 2 is 2.00 bits per heavy atom. The van der Waals surface area contributed by atoms with Crippen molar-refractivity contribution in [3.8, 4) is 23.8 Å². The molecule has 2 aromatic carbocycles. The number of hydrogen-bond donors (Lipinski definition) is 0. The third kappa shape index (κ3) is 4.53. The molecule has 0 bridgehead atoms. The molecule has 0 saturated heterocycles. The first-order chi connectivity index (χ1) is 11.5. The van der Waals surface area contributed by atoms with Crippen LogP contribution < -0.4 is 9.47 Å². The zero-order chi connectivity index (χ0) is 17.5. The fourth-order valence-corrected chi connectivity index (χ4v) is 2.55. The quantitative estimate of drug-likeness (QED) is 0.539. The molecule has 0 N–H and O–H groups in total. The highest BCUT2D eigenvalue weighted by molar-refractivity contribution is 6.32. The molecule has 4 heteroatoms. The van der Waals surface area contributed by atoms with Crippen LogP contribution in [-0.4, -0.2) is 19.4 Å². The molecular weight excluding hydrogens is 322 g/mol. The van der Waals surface area contributed by atoms with Gasteiger partial charge in [-0.25, -0.2) is 0 Å². The molecule has 0 amide bonds. The molecule has 0 aliphatic carbocycles. The van der Waals surface area contributed by atoms with Crippen LogP contribution in [0.2, 0.25) is 5.02 Å². The van der Waals surface area contributed by atoms with E-state index in [0.29, 0.717) is 23.1 Å². The Balaban J connectivity index is 2.33.